The van der Waals surface area contributed by atoms with Gasteiger partial charge < -0.3 is 9.30 Å². The molecule has 0 aliphatic carbocycles. The van der Waals surface area contributed by atoms with Gasteiger partial charge in [-0.15, -0.1) is 0 Å². The minimum Gasteiger partial charge on any atom is -0.494 e. The van der Waals surface area contributed by atoms with E-state index < -0.39 is 0 Å². The lowest BCUT2D eigenvalue weighted by Gasteiger charge is -2.08. The molecule has 3 heteroatoms. The molecule has 0 aliphatic heterocycles. The van der Waals surface area contributed by atoms with Gasteiger partial charge in [0.1, 0.15) is 5.75 Å². The van der Waals surface area contributed by atoms with Crippen LogP contribution in [0.15, 0.2) is 48.8 Å². The van der Waals surface area contributed by atoms with E-state index in [4.69, 9.17) is 4.74 Å². The average molecular weight is 266 g/mol. The predicted octanol–water partition coefficient (Wildman–Crippen LogP) is 3.79. The third kappa shape index (κ3) is 2.39. The fraction of sp³-hybridized carbons (Fsp3) is 0.235. The van der Waals surface area contributed by atoms with E-state index in [2.05, 4.69) is 46.9 Å². The van der Waals surface area contributed by atoms with Gasteiger partial charge in [-0.05, 0) is 49.7 Å². The molecule has 0 amide bonds. The third-order valence-corrected chi connectivity index (χ3v) is 3.49. The van der Waals surface area contributed by atoms with Crippen LogP contribution in [0.3, 0.4) is 0 Å². The number of nitrogens with zero attached hydrogens (tertiary/aromatic N) is 2. The summed E-state index contributed by atoms with van der Waals surface area (Å²) in [5, 5.41) is 1.20. The van der Waals surface area contributed by atoms with Crippen molar-refractivity contribution in [2.75, 3.05) is 6.61 Å². The predicted molar refractivity (Wildman–Crippen MR) is 81.2 cm³/mol. The van der Waals surface area contributed by atoms with Crippen LogP contribution in [0.2, 0.25) is 0 Å². The molecule has 0 spiro atoms. The molecular weight excluding hydrogens is 248 g/mol. The Morgan fingerprint density at radius 1 is 1.20 bits per heavy atom. The topological polar surface area (TPSA) is 27.1 Å². The third-order valence-electron chi connectivity index (χ3n) is 3.49. The van der Waals surface area contributed by atoms with E-state index in [1.807, 2.05) is 25.3 Å². The molecule has 102 valence electrons. The van der Waals surface area contributed by atoms with E-state index in [0.29, 0.717) is 6.61 Å². The maximum absolute atomic E-state index is 5.54. The Bertz CT molecular complexity index is 731. The van der Waals surface area contributed by atoms with Crippen LogP contribution in [0.25, 0.3) is 10.9 Å². The van der Waals surface area contributed by atoms with Crippen molar-refractivity contribution < 1.29 is 4.74 Å². The number of aryl methyl sites for hydroxylation is 1. The van der Waals surface area contributed by atoms with Crippen molar-refractivity contribution in [2.24, 2.45) is 0 Å². The highest BCUT2D eigenvalue weighted by atomic mass is 16.5. The Morgan fingerprint density at radius 2 is 2.10 bits per heavy atom. The Balaban J connectivity index is 1.95. The zero-order valence-electron chi connectivity index (χ0n) is 11.8. The van der Waals surface area contributed by atoms with Crippen LogP contribution in [-0.4, -0.2) is 16.2 Å². The summed E-state index contributed by atoms with van der Waals surface area (Å²) in [6, 6.07) is 12.4. The molecule has 0 aliphatic rings. The van der Waals surface area contributed by atoms with Crippen LogP contribution in [0.4, 0.5) is 0 Å². The van der Waals surface area contributed by atoms with E-state index in [0.717, 1.165) is 18.0 Å². The molecule has 20 heavy (non-hydrogen) atoms. The molecule has 0 bridgehead atoms. The van der Waals surface area contributed by atoms with Gasteiger partial charge in [-0.2, -0.15) is 0 Å². The summed E-state index contributed by atoms with van der Waals surface area (Å²) in [6.45, 7) is 5.59. The normalized spacial score (nSPS) is 10.9. The summed E-state index contributed by atoms with van der Waals surface area (Å²) in [5.74, 6) is 0.923. The van der Waals surface area contributed by atoms with Crippen molar-refractivity contribution in [3.63, 3.8) is 0 Å². The zero-order chi connectivity index (χ0) is 13.9. The van der Waals surface area contributed by atoms with Gasteiger partial charge in [-0.1, -0.05) is 6.07 Å². The standard InChI is InChI=1S/C17H18N2O/c1-3-20-15-6-7-17-14(11-15)8-10-19(17)12-16-13(2)5-4-9-18-16/h4-11H,3,12H2,1-2H3. The second-order valence-corrected chi connectivity index (χ2v) is 4.86. The van der Waals surface area contributed by atoms with Gasteiger partial charge in [0.2, 0.25) is 0 Å². The summed E-state index contributed by atoms with van der Waals surface area (Å²) in [7, 11) is 0. The maximum Gasteiger partial charge on any atom is 0.120 e. The molecular formula is C17H18N2O. The first kappa shape index (κ1) is 12.7. The molecule has 0 unspecified atom stereocenters. The number of rotatable bonds is 4. The van der Waals surface area contributed by atoms with Crippen LogP contribution in [0.5, 0.6) is 5.75 Å². The lowest BCUT2D eigenvalue weighted by atomic mass is 10.2. The summed E-state index contributed by atoms with van der Waals surface area (Å²) < 4.78 is 7.76. The first-order chi connectivity index (χ1) is 9.78. The van der Waals surface area contributed by atoms with Crippen LogP contribution in [-0.2, 0) is 6.54 Å². The summed E-state index contributed by atoms with van der Waals surface area (Å²) in [6.07, 6.45) is 3.95. The Hall–Kier alpha value is -2.29. The number of fused-ring (bicyclic) bond motifs is 1. The van der Waals surface area contributed by atoms with Crippen molar-refractivity contribution in [1.82, 2.24) is 9.55 Å². The monoisotopic (exact) mass is 266 g/mol. The highest BCUT2D eigenvalue weighted by molar-refractivity contribution is 5.81. The SMILES string of the molecule is CCOc1ccc2c(ccn2Cc2ncccc2C)c1. The second-order valence-electron chi connectivity index (χ2n) is 4.86. The Morgan fingerprint density at radius 3 is 2.90 bits per heavy atom. The van der Waals surface area contributed by atoms with E-state index in [-0.39, 0.29) is 0 Å². The fourth-order valence-corrected chi connectivity index (χ4v) is 2.42. The highest BCUT2D eigenvalue weighted by Crippen LogP contribution is 2.23. The molecule has 2 heterocycles. The van der Waals surface area contributed by atoms with E-state index in [1.165, 1.54) is 16.5 Å². The number of ether oxygens (including phenoxy) is 1. The summed E-state index contributed by atoms with van der Waals surface area (Å²) in [5.41, 5.74) is 3.54. The molecule has 3 rings (SSSR count). The van der Waals surface area contributed by atoms with E-state index in [9.17, 15) is 0 Å². The first-order valence-corrected chi connectivity index (χ1v) is 6.90. The lowest BCUT2D eigenvalue weighted by Crippen LogP contribution is -2.02. The van der Waals surface area contributed by atoms with Crippen LogP contribution in [0.1, 0.15) is 18.2 Å². The number of pyridine rings is 1. The molecule has 0 fully saturated rings. The van der Waals surface area contributed by atoms with E-state index >= 15 is 0 Å². The van der Waals surface area contributed by atoms with Gasteiger partial charge in [0.15, 0.2) is 0 Å². The Labute approximate surface area is 118 Å². The number of hydrogen-bond donors (Lipinski definition) is 0. The van der Waals surface area contributed by atoms with Crippen molar-refractivity contribution in [3.8, 4) is 5.75 Å². The van der Waals surface area contributed by atoms with Gasteiger partial charge in [0, 0.05) is 23.3 Å². The average Bonchev–Trinajstić information content (AvgIpc) is 2.84. The quantitative estimate of drug-likeness (QED) is 0.718. The van der Waals surface area contributed by atoms with Gasteiger partial charge in [-0.25, -0.2) is 0 Å². The molecule has 0 saturated carbocycles. The van der Waals surface area contributed by atoms with E-state index in [1.54, 1.807) is 0 Å². The van der Waals surface area contributed by atoms with Crippen molar-refractivity contribution in [2.45, 2.75) is 20.4 Å². The number of benzene rings is 1. The smallest absolute Gasteiger partial charge is 0.120 e. The molecule has 1 aromatic carbocycles. The number of aromatic nitrogens is 2. The Kier molecular flexibility index (Phi) is 3.42. The van der Waals surface area contributed by atoms with Crippen molar-refractivity contribution in [3.05, 3.63) is 60.0 Å². The summed E-state index contributed by atoms with van der Waals surface area (Å²) >= 11 is 0. The van der Waals surface area contributed by atoms with Crippen LogP contribution in [0, 0.1) is 6.92 Å². The maximum atomic E-state index is 5.54. The minimum atomic E-state index is 0.694. The second kappa shape index (κ2) is 5.37. The fourth-order valence-electron chi connectivity index (χ4n) is 2.42. The van der Waals surface area contributed by atoms with Gasteiger partial charge in [0.25, 0.3) is 0 Å². The molecule has 0 N–H and O–H groups in total. The largest absolute Gasteiger partial charge is 0.494 e. The first-order valence-electron chi connectivity index (χ1n) is 6.90. The molecule has 0 saturated heterocycles. The zero-order valence-corrected chi connectivity index (χ0v) is 11.8. The van der Waals surface area contributed by atoms with Gasteiger partial charge >= 0.3 is 0 Å². The van der Waals surface area contributed by atoms with Crippen molar-refractivity contribution >= 4 is 10.9 Å². The molecule has 3 nitrogen and oxygen atoms in total. The minimum absolute atomic E-state index is 0.694. The van der Waals surface area contributed by atoms with Crippen LogP contribution >= 0.6 is 0 Å². The van der Waals surface area contributed by atoms with Crippen molar-refractivity contribution in [1.29, 1.82) is 0 Å². The van der Waals surface area contributed by atoms with Crippen LogP contribution < -0.4 is 4.74 Å². The molecule has 0 atom stereocenters. The molecule has 2 aromatic heterocycles. The number of hydrogen-bond acceptors (Lipinski definition) is 2. The summed E-state index contributed by atoms with van der Waals surface area (Å²) in [4.78, 5) is 4.46. The van der Waals surface area contributed by atoms with Gasteiger partial charge in [0.05, 0.1) is 18.8 Å². The molecule has 0 radical (unpaired) electrons. The highest BCUT2D eigenvalue weighted by Gasteiger charge is 2.05. The lowest BCUT2D eigenvalue weighted by molar-refractivity contribution is 0.340. The molecule has 3 aromatic rings. The van der Waals surface area contributed by atoms with Gasteiger partial charge in [-0.3, -0.25) is 4.98 Å².